The second kappa shape index (κ2) is 9.34. The van der Waals surface area contributed by atoms with E-state index in [-0.39, 0.29) is 5.91 Å². The van der Waals surface area contributed by atoms with Crippen LogP contribution in [-0.2, 0) is 11.3 Å². The number of carbonyl (C=O) groups excluding carboxylic acids is 1. The van der Waals surface area contributed by atoms with E-state index in [0.29, 0.717) is 6.54 Å². The fourth-order valence-corrected chi connectivity index (χ4v) is 2.12. The van der Waals surface area contributed by atoms with Crippen molar-refractivity contribution in [3.05, 3.63) is 23.9 Å². The molecule has 0 saturated heterocycles. The first kappa shape index (κ1) is 17.4. The van der Waals surface area contributed by atoms with Crippen LogP contribution in [0.25, 0.3) is 0 Å². The Labute approximate surface area is 128 Å². The van der Waals surface area contributed by atoms with Gasteiger partial charge >= 0.3 is 0 Å². The largest absolute Gasteiger partial charge is 0.350 e. The van der Waals surface area contributed by atoms with Gasteiger partial charge in [0.1, 0.15) is 5.82 Å². The average Bonchev–Trinajstić information content (AvgIpc) is 2.49. The number of carbonyl (C=O) groups is 1. The highest BCUT2D eigenvalue weighted by Gasteiger charge is 2.13. The van der Waals surface area contributed by atoms with E-state index in [2.05, 4.69) is 23.3 Å². The lowest BCUT2D eigenvalue weighted by Crippen LogP contribution is -2.39. The fraction of sp³-hybridized carbons (Fsp3) is 0.625. The fourth-order valence-electron chi connectivity index (χ4n) is 2.12. The molecule has 1 aromatic heterocycles. The number of likely N-dealkylation sites (N-methyl/N-ethyl adjacent to an activating group) is 2. The van der Waals surface area contributed by atoms with Crippen molar-refractivity contribution in [3.63, 3.8) is 0 Å². The molecule has 0 atom stereocenters. The first-order chi connectivity index (χ1) is 10.1. The Bertz CT molecular complexity index is 415. The number of hydrogen-bond donors (Lipinski definition) is 1. The molecule has 1 N–H and O–H groups in total. The molecule has 0 saturated carbocycles. The minimum atomic E-state index is 0.137. The molecule has 5 heteroatoms. The van der Waals surface area contributed by atoms with Gasteiger partial charge in [-0.25, -0.2) is 4.98 Å². The lowest BCUT2D eigenvalue weighted by molar-refractivity contribution is -0.129. The molecule has 0 spiro atoms. The van der Waals surface area contributed by atoms with Crippen molar-refractivity contribution in [1.29, 1.82) is 0 Å². The monoisotopic (exact) mass is 292 g/mol. The average molecular weight is 292 g/mol. The van der Waals surface area contributed by atoms with Gasteiger partial charge in [0.2, 0.25) is 5.91 Å². The Hall–Kier alpha value is -1.62. The Balaban J connectivity index is 2.54. The molecule has 1 heterocycles. The van der Waals surface area contributed by atoms with Gasteiger partial charge in [-0.2, -0.15) is 0 Å². The molecule has 0 fully saturated rings. The summed E-state index contributed by atoms with van der Waals surface area (Å²) in [6.45, 7) is 9.86. The van der Waals surface area contributed by atoms with Gasteiger partial charge in [-0.3, -0.25) is 4.79 Å². The van der Waals surface area contributed by atoms with Crippen molar-refractivity contribution in [2.24, 2.45) is 0 Å². The summed E-state index contributed by atoms with van der Waals surface area (Å²) in [5, 5.41) is 3.35. The van der Waals surface area contributed by atoms with Crippen LogP contribution in [-0.4, -0.2) is 49.0 Å². The Morgan fingerprint density at radius 1 is 1.24 bits per heavy atom. The van der Waals surface area contributed by atoms with Gasteiger partial charge in [0.05, 0.1) is 6.54 Å². The molecule has 1 amide bonds. The molecule has 0 aliphatic heterocycles. The van der Waals surface area contributed by atoms with Crippen molar-refractivity contribution >= 4 is 11.7 Å². The predicted molar refractivity (Wildman–Crippen MR) is 87.4 cm³/mol. The first-order valence-electron chi connectivity index (χ1n) is 7.76. The van der Waals surface area contributed by atoms with Crippen LogP contribution in [0.3, 0.4) is 0 Å². The Morgan fingerprint density at radius 2 is 1.95 bits per heavy atom. The normalized spacial score (nSPS) is 10.5. The van der Waals surface area contributed by atoms with E-state index in [4.69, 9.17) is 0 Å². The van der Waals surface area contributed by atoms with Crippen LogP contribution < -0.4 is 10.2 Å². The summed E-state index contributed by atoms with van der Waals surface area (Å²) < 4.78 is 0. The van der Waals surface area contributed by atoms with Crippen LogP contribution >= 0.6 is 0 Å². The molecule has 5 nitrogen and oxygen atoms in total. The smallest absolute Gasteiger partial charge is 0.242 e. The van der Waals surface area contributed by atoms with Gasteiger partial charge in [-0.05, 0) is 38.4 Å². The van der Waals surface area contributed by atoms with Crippen molar-refractivity contribution in [3.8, 4) is 0 Å². The van der Waals surface area contributed by atoms with Crippen molar-refractivity contribution < 1.29 is 4.79 Å². The molecule has 0 bridgehead atoms. The van der Waals surface area contributed by atoms with Gasteiger partial charge in [0, 0.05) is 32.9 Å². The quantitative estimate of drug-likeness (QED) is 0.706. The molecule has 1 aromatic rings. The van der Waals surface area contributed by atoms with Gasteiger partial charge in [0.25, 0.3) is 0 Å². The lowest BCUT2D eigenvalue weighted by Gasteiger charge is -2.23. The van der Waals surface area contributed by atoms with Crippen molar-refractivity contribution in [2.75, 3.05) is 38.1 Å². The number of aromatic nitrogens is 1. The van der Waals surface area contributed by atoms with Crippen LogP contribution in [0.15, 0.2) is 18.3 Å². The van der Waals surface area contributed by atoms with E-state index in [9.17, 15) is 4.79 Å². The predicted octanol–water partition coefficient (Wildman–Crippen LogP) is 1.89. The highest BCUT2D eigenvalue weighted by Crippen LogP contribution is 2.10. The summed E-state index contributed by atoms with van der Waals surface area (Å²) in [5.41, 5.74) is 1.16. The third-order valence-electron chi connectivity index (χ3n) is 3.44. The minimum Gasteiger partial charge on any atom is -0.350 e. The highest BCUT2D eigenvalue weighted by molar-refractivity contribution is 5.81. The van der Waals surface area contributed by atoms with Crippen LogP contribution in [0.2, 0.25) is 0 Å². The molecule has 0 aliphatic rings. The Kier molecular flexibility index (Phi) is 7.75. The van der Waals surface area contributed by atoms with Crippen LogP contribution in [0, 0.1) is 0 Å². The van der Waals surface area contributed by atoms with Crippen LogP contribution in [0.1, 0.15) is 32.8 Å². The zero-order valence-electron chi connectivity index (χ0n) is 13.7. The zero-order chi connectivity index (χ0) is 15.7. The van der Waals surface area contributed by atoms with Crippen LogP contribution in [0.5, 0.6) is 0 Å². The summed E-state index contributed by atoms with van der Waals surface area (Å²) in [4.78, 5) is 20.2. The number of rotatable bonds is 9. The second-order valence-corrected chi connectivity index (χ2v) is 5.12. The zero-order valence-corrected chi connectivity index (χ0v) is 13.7. The van der Waals surface area contributed by atoms with Crippen molar-refractivity contribution in [1.82, 2.24) is 15.2 Å². The van der Waals surface area contributed by atoms with E-state index < -0.39 is 0 Å². The van der Waals surface area contributed by atoms with E-state index in [0.717, 1.165) is 44.0 Å². The summed E-state index contributed by atoms with van der Waals surface area (Å²) in [7, 11) is 1.90. The van der Waals surface area contributed by atoms with Crippen LogP contribution in [0.4, 0.5) is 5.82 Å². The number of nitrogens with one attached hydrogen (secondary N) is 1. The summed E-state index contributed by atoms with van der Waals surface area (Å²) in [6, 6.07) is 4.03. The topological polar surface area (TPSA) is 48.5 Å². The number of amides is 1. The van der Waals surface area contributed by atoms with E-state index in [1.807, 2.05) is 43.0 Å². The van der Waals surface area contributed by atoms with Gasteiger partial charge in [0.15, 0.2) is 0 Å². The summed E-state index contributed by atoms with van der Waals surface area (Å²) in [5.74, 6) is 0.965. The number of pyridine rings is 1. The van der Waals surface area contributed by atoms with E-state index in [1.54, 1.807) is 0 Å². The maximum absolute atomic E-state index is 12.1. The number of nitrogens with zero attached hydrogens (tertiary/aromatic N) is 3. The van der Waals surface area contributed by atoms with Crippen molar-refractivity contribution in [2.45, 2.75) is 33.7 Å². The molecular formula is C16H28N4O. The third-order valence-corrected chi connectivity index (χ3v) is 3.44. The number of anilines is 1. The molecule has 21 heavy (non-hydrogen) atoms. The molecule has 118 valence electrons. The summed E-state index contributed by atoms with van der Waals surface area (Å²) in [6.07, 6.45) is 3.00. The highest BCUT2D eigenvalue weighted by atomic mass is 16.2. The maximum atomic E-state index is 12.1. The Morgan fingerprint density at radius 3 is 2.48 bits per heavy atom. The summed E-state index contributed by atoms with van der Waals surface area (Å²) >= 11 is 0. The maximum Gasteiger partial charge on any atom is 0.242 e. The standard InChI is InChI=1S/C16H28N4O/c1-5-10-17-11-14-8-9-15(18-12-14)19(4)13-16(21)20(6-2)7-3/h8-9,12,17H,5-7,10-11,13H2,1-4H3. The van der Waals surface area contributed by atoms with Gasteiger partial charge < -0.3 is 15.1 Å². The lowest BCUT2D eigenvalue weighted by atomic mass is 10.2. The van der Waals surface area contributed by atoms with Gasteiger partial charge in [-0.1, -0.05) is 13.0 Å². The van der Waals surface area contributed by atoms with E-state index in [1.165, 1.54) is 0 Å². The molecule has 0 radical (unpaired) electrons. The first-order valence-corrected chi connectivity index (χ1v) is 7.76. The second-order valence-electron chi connectivity index (χ2n) is 5.12. The SMILES string of the molecule is CCCNCc1ccc(N(C)CC(=O)N(CC)CC)nc1. The molecule has 0 unspecified atom stereocenters. The third kappa shape index (κ3) is 5.71. The molecule has 0 aromatic carbocycles. The molecule has 1 rings (SSSR count). The van der Waals surface area contributed by atoms with Gasteiger partial charge in [-0.15, -0.1) is 0 Å². The van der Waals surface area contributed by atoms with E-state index >= 15 is 0 Å². The molecular weight excluding hydrogens is 264 g/mol. The number of hydrogen-bond acceptors (Lipinski definition) is 4. The minimum absolute atomic E-state index is 0.137. The molecule has 0 aliphatic carbocycles.